The Morgan fingerprint density at radius 2 is 1.30 bits per heavy atom. The molecule has 5 aromatic rings. The lowest BCUT2D eigenvalue weighted by Crippen LogP contribution is -2.51. The van der Waals surface area contributed by atoms with Crippen molar-refractivity contribution in [3.63, 3.8) is 0 Å². The minimum atomic E-state index is -1.44. The van der Waals surface area contributed by atoms with E-state index in [0.717, 1.165) is 22.4 Å². The Hall–Kier alpha value is -5.75. The number of carbonyl (C=O) groups is 3. The first kappa shape index (κ1) is 27.8. The van der Waals surface area contributed by atoms with Crippen molar-refractivity contribution in [2.24, 2.45) is 5.92 Å². The quantitative estimate of drug-likeness (QED) is 0.168. The summed E-state index contributed by atoms with van der Waals surface area (Å²) in [6.45, 7) is 0. The summed E-state index contributed by atoms with van der Waals surface area (Å²) in [5, 5.41) is 3.07. The molecule has 0 bridgehead atoms. The van der Waals surface area contributed by atoms with Gasteiger partial charge >= 0.3 is 5.97 Å². The molecule has 224 valence electrons. The van der Waals surface area contributed by atoms with Crippen molar-refractivity contribution in [1.82, 2.24) is 0 Å². The molecule has 3 heterocycles. The molecule has 3 aliphatic rings. The summed E-state index contributed by atoms with van der Waals surface area (Å²) in [6.07, 6.45) is 3.20. The molecule has 0 radical (unpaired) electrons. The molecule has 4 atom stereocenters. The van der Waals surface area contributed by atoms with Gasteiger partial charge in [0.25, 0.3) is 0 Å². The molecule has 1 saturated heterocycles. The van der Waals surface area contributed by atoms with Crippen LogP contribution in [-0.4, -0.2) is 29.7 Å². The van der Waals surface area contributed by atoms with Crippen molar-refractivity contribution in [1.29, 1.82) is 0 Å². The number of nitrogens with one attached hydrogen (secondary N) is 1. The second-order valence-electron chi connectivity index (χ2n) is 11.9. The Kier molecular flexibility index (Phi) is 6.64. The topological polar surface area (TPSA) is 75.7 Å². The van der Waals surface area contributed by atoms with Gasteiger partial charge in [-0.05, 0) is 34.4 Å². The molecule has 1 fully saturated rings. The molecule has 0 aliphatic carbocycles. The van der Waals surface area contributed by atoms with Crippen LogP contribution in [0, 0.1) is 5.92 Å². The monoisotopic (exact) mass is 602 g/mol. The summed E-state index contributed by atoms with van der Waals surface area (Å²) in [7, 11) is 0. The van der Waals surface area contributed by atoms with Crippen LogP contribution in [0.15, 0.2) is 146 Å². The molecule has 0 saturated carbocycles. The number of benzene rings is 5. The van der Waals surface area contributed by atoms with Crippen molar-refractivity contribution in [3.8, 4) is 0 Å². The van der Waals surface area contributed by atoms with Crippen LogP contribution in [0.2, 0.25) is 0 Å². The average Bonchev–Trinajstić information content (AvgIpc) is 3.60. The predicted molar refractivity (Wildman–Crippen MR) is 177 cm³/mol. The van der Waals surface area contributed by atoms with E-state index in [1.54, 1.807) is 12.1 Å². The molecule has 46 heavy (non-hydrogen) atoms. The Morgan fingerprint density at radius 1 is 0.717 bits per heavy atom. The highest BCUT2D eigenvalue weighted by Gasteiger charge is 2.71. The number of Topliss-reactive ketones (excluding diaryl/α,β-unsaturated/α-hetero) is 1. The van der Waals surface area contributed by atoms with Gasteiger partial charge in [0.05, 0.1) is 6.04 Å². The highest BCUT2D eigenvalue weighted by Crippen LogP contribution is 2.58. The van der Waals surface area contributed by atoms with Gasteiger partial charge in [0, 0.05) is 16.9 Å². The lowest BCUT2D eigenvalue weighted by Gasteiger charge is -2.37. The Morgan fingerprint density at radius 3 is 2.00 bits per heavy atom. The number of esters is 1. The molecule has 3 aliphatic heterocycles. The lowest BCUT2D eigenvalue weighted by molar-refractivity contribution is -0.156. The SMILES string of the molecule is O=C(c1ccccc1)[C@@H]1[C@H](C(=O)OC(c2ccccc2)c2ccccc2)[C@]2(C(=O)Nc3ccccc32)[C@@H]2C=Cc3ccccc3N12. The van der Waals surface area contributed by atoms with Crippen LogP contribution >= 0.6 is 0 Å². The van der Waals surface area contributed by atoms with Crippen LogP contribution in [0.4, 0.5) is 11.4 Å². The fraction of sp³-hybridized carbons (Fsp3) is 0.125. The van der Waals surface area contributed by atoms with Gasteiger partial charge in [-0.2, -0.15) is 0 Å². The van der Waals surface area contributed by atoms with Crippen LogP contribution in [-0.2, 0) is 19.7 Å². The molecule has 6 heteroatoms. The number of rotatable bonds is 6. The molecule has 6 nitrogen and oxygen atoms in total. The number of amides is 1. The first-order chi connectivity index (χ1) is 22.6. The highest BCUT2D eigenvalue weighted by atomic mass is 16.5. The summed E-state index contributed by atoms with van der Waals surface area (Å²) in [4.78, 5) is 46.5. The van der Waals surface area contributed by atoms with Crippen LogP contribution in [0.5, 0.6) is 0 Å². The number of para-hydroxylation sites is 2. The third kappa shape index (κ3) is 4.14. The molecular weight excluding hydrogens is 572 g/mol. The predicted octanol–water partition coefficient (Wildman–Crippen LogP) is 6.99. The van der Waals surface area contributed by atoms with Crippen molar-refractivity contribution in [2.75, 3.05) is 10.2 Å². The van der Waals surface area contributed by atoms with Gasteiger partial charge in [0.15, 0.2) is 11.9 Å². The zero-order valence-electron chi connectivity index (χ0n) is 24.8. The molecular formula is C40H30N2O4. The lowest BCUT2D eigenvalue weighted by atomic mass is 9.66. The minimum Gasteiger partial charge on any atom is -0.452 e. The van der Waals surface area contributed by atoms with Gasteiger partial charge in [-0.15, -0.1) is 0 Å². The third-order valence-corrected chi connectivity index (χ3v) is 9.56. The summed E-state index contributed by atoms with van der Waals surface area (Å²) in [5.41, 5.74) is 3.62. The fourth-order valence-corrected chi connectivity index (χ4v) is 7.63. The standard InChI is InChI=1S/C40H30N2O4/c43-36(27-15-4-1-5-16-27)35-34(38(44)46-37(28-17-6-2-7-18-28)29-19-8-3-9-20-29)40(30-21-11-12-22-31(30)41-39(40)45)33-25-24-26-14-10-13-23-32(26)42(33)35/h1-25,33-35,37H,(H,41,45)/t33-,34+,35-,40+/m0/s1. The number of carbonyl (C=O) groups excluding carboxylic acids is 3. The molecule has 1 N–H and O–H groups in total. The fourth-order valence-electron chi connectivity index (χ4n) is 7.63. The summed E-state index contributed by atoms with van der Waals surface area (Å²) in [6, 6.07) is 41.7. The van der Waals surface area contributed by atoms with Crippen molar-refractivity contribution in [2.45, 2.75) is 23.6 Å². The Bertz CT molecular complexity index is 1950. The Labute approximate surface area is 267 Å². The van der Waals surface area contributed by atoms with E-state index >= 15 is 4.79 Å². The maximum absolute atomic E-state index is 15.1. The molecule has 1 amide bonds. The molecule has 5 aromatic carbocycles. The van der Waals surface area contributed by atoms with Crippen LogP contribution in [0.1, 0.15) is 38.7 Å². The number of nitrogens with zero attached hydrogens (tertiary/aromatic N) is 1. The summed E-state index contributed by atoms with van der Waals surface area (Å²) >= 11 is 0. The maximum atomic E-state index is 15.1. The van der Waals surface area contributed by atoms with E-state index in [-0.39, 0.29) is 11.7 Å². The number of hydrogen-bond donors (Lipinski definition) is 1. The van der Waals surface area contributed by atoms with E-state index in [0.29, 0.717) is 16.8 Å². The number of anilines is 2. The van der Waals surface area contributed by atoms with Crippen LogP contribution in [0.3, 0.4) is 0 Å². The largest absolute Gasteiger partial charge is 0.452 e. The first-order valence-corrected chi connectivity index (χ1v) is 15.4. The van der Waals surface area contributed by atoms with E-state index in [1.807, 2.05) is 144 Å². The third-order valence-electron chi connectivity index (χ3n) is 9.56. The van der Waals surface area contributed by atoms with Gasteiger partial charge in [-0.25, -0.2) is 0 Å². The minimum absolute atomic E-state index is 0.248. The van der Waals surface area contributed by atoms with Gasteiger partial charge in [0.2, 0.25) is 5.91 Å². The number of fused-ring (bicyclic) bond motifs is 6. The van der Waals surface area contributed by atoms with Gasteiger partial charge in [-0.1, -0.05) is 140 Å². The van der Waals surface area contributed by atoms with Gasteiger partial charge in [0.1, 0.15) is 17.4 Å². The zero-order valence-corrected chi connectivity index (χ0v) is 24.8. The van der Waals surface area contributed by atoms with Crippen molar-refractivity contribution >= 4 is 35.1 Å². The van der Waals surface area contributed by atoms with E-state index in [2.05, 4.69) is 5.32 Å². The number of hydrogen-bond acceptors (Lipinski definition) is 5. The molecule has 0 unspecified atom stereocenters. The summed E-state index contributed by atoms with van der Waals surface area (Å²) in [5.74, 6) is -2.37. The van der Waals surface area contributed by atoms with Crippen molar-refractivity contribution < 1.29 is 19.1 Å². The molecule has 1 spiro atoms. The Balaban J connectivity index is 1.36. The molecule has 8 rings (SSSR count). The smallest absolute Gasteiger partial charge is 0.314 e. The molecule has 0 aromatic heterocycles. The zero-order chi connectivity index (χ0) is 31.3. The number of ether oxygens (including phenoxy) is 1. The van der Waals surface area contributed by atoms with Crippen LogP contribution in [0.25, 0.3) is 6.08 Å². The van der Waals surface area contributed by atoms with E-state index < -0.39 is 35.5 Å². The first-order valence-electron chi connectivity index (χ1n) is 15.4. The van der Waals surface area contributed by atoms with Crippen LogP contribution < -0.4 is 10.2 Å². The average molecular weight is 603 g/mol. The van der Waals surface area contributed by atoms with E-state index in [1.165, 1.54) is 0 Å². The van der Waals surface area contributed by atoms with Gasteiger partial charge in [-0.3, -0.25) is 14.4 Å². The van der Waals surface area contributed by atoms with Crippen molar-refractivity contribution in [3.05, 3.63) is 173 Å². The van der Waals surface area contributed by atoms with E-state index in [9.17, 15) is 9.59 Å². The number of ketones is 1. The normalized spacial score (nSPS) is 22.2. The van der Waals surface area contributed by atoms with Gasteiger partial charge < -0.3 is 15.0 Å². The maximum Gasteiger partial charge on any atom is 0.314 e. The second-order valence-corrected chi connectivity index (χ2v) is 11.9. The highest BCUT2D eigenvalue weighted by molar-refractivity contribution is 6.15. The second kappa shape index (κ2) is 11.0. The summed E-state index contributed by atoms with van der Waals surface area (Å²) < 4.78 is 6.55. The van der Waals surface area contributed by atoms with E-state index in [4.69, 9.17) is 4.74 Å².